The number of hydrogen-bond donors (Lipinski definition) is 0. The molecular weight excluding hydrogens is 240 g/mol. The van der Waals surface area contributed by atoms with Gasteiger partial charge in [-0.25, -0.2) is 0 Å². The molecule has 0 amide bonds. The molecule has 1 atom stereocenters. The Labute approximate surface area is 108 Å². The van der Waals surface area contributed by atoms with E-state index in [1.54, 1.807) is 0 Å². The van der Waals surface area contributed by atoms with Crippen LogP contribution in [0.15, 0.2) is 0 Å². The lowest BCUT2D eigenvalue weighted by Gasteiger charge is -2.13. The summed E-state index contributed by atoms with van der Waals surface area (Å²) >= 11 is 3.25. The van der Waals surface area contributed by atoms with Gasteiger partial charge in [-0.1, -0.05) is 27.2 Å². The summed E-state index contributed by atoms with van der Waals surface area (Å²) in [5, 5.41) is 0.724. The van der Waals surface area contributed by atoms with Gasteiger partial charge < -0.3 is 4.18 Å². The molecule has 0 aliphatic carbocycles. The fourth-order valence-electron chi connectivity index (χ4n) is 1.51. The van der Waals surface area contributed by atoms with Crippen LogP contribution in [0.4, 0.5) is 0 Å². The monoisotopic (exact) mass is 264 g/mol. The molecule has 1 unspecified atom stereocenters. The predicted molar refractivity (Wildman–Crippen MR) is 74.9 cm³/mol. The normalized spacial score (nSPS) is 12.4. The van der Waals surface area contributed by atoms with E-state index in [0.717, 1.165) is 23.8 Å². The van der Waals surface area contributed by atoms with Crippen molar-refractivity contribution in [1.82, 2.24) is 0 Å². The van der Waals surface area contributed by atoms with Crippen molar-refractivity contribution >= 4 is 29.8 Å². The first kappa shape index (κ1) is 16.2. The highest BCUT2D eigenvalue weighted by atomic mass is 32.2. The zero-order chi connectivity index (χ0) is 12.2. The second-order valence-corrected chi connectivity index (χ2v) is 6.18. The molecule has 16 heavy (non-hydrogen) atoms. The van der Waals surface area contributed by atoms with Crippen LogP contribution in [0.3, 0.4) is 0 Å². The van der Waals surface area contributed by atoms with Crippen LogP contribution >= 0.6 is 23.8 Å². The molecular formula is C12H24O2S2. The first-order chi connectivity index (χ1) is 7.74. The topological polar surface area (TPSA) is 26.3 Å². The molecule has 0 rings (SSSR count). The maximum Gasteiger partial charge on any atom is 0.317 e. The Bertz CT molecular complexity index is 168. The average molecular weight is 264 g/mol. The smallest absolute Gasteiger partial charge is 0.317 e. The van der Waals surface area contributed by atoms with Crippen LogP contribution in [0.1, 0.15) is 52.9 Å². The van der Waals surface area contributed by atoms with E-state index in [1.807, 2.05) is 18.7 Å². The summed E-state index contributed by atoms with van der Waals surface area (Å²) in [6.07, 6.45) is 5.15. The van der Waals surface area contributed by atoms with E-state index in [2.05, 4.69) is 13.8 Å². The van der Waals surface area contributed by atoms with Gasteiger partial charge >= 0.3 is 5.97 Å². The van der Waals surface area contributed by atoms with Crippen LogP contribution in [0.2, 0.25) is 0 Å². The molecule has 0 aliphatic rings. The Kier molecular flexibility index (Phi) is 11.8. The Morgan fingerprint density at radius 2 is 1.94 bits per heavy atom. The molecule has 0 spiro atoms. The molecule has 4 heteroatoms. The van der Waals surface area contributed by atoms with Crippen LogP contribution < -0.4 is 0 Å². The van der Waals surface area contributed by atoms with Crippen molar-refractivity contribution < 1.29 is 8.98 Å². The highest BCUT2D eigenvalue weighted by Gasteiger charge is 2.09. The summed E-state index contributed by atoms with van der Waals surface area (Å²) < 4.78 is 4.96. The van der Waals surface area contributed by atoms with Crippen LogP contribution in [0.5, 0.6) is 0 Å². The van der Waals surface area contributed by atoms with E-state index >= 15 is 0 Å². The number of rotatable bonds is 10. The molecule has 0 aliphatic heterocycles. The van der Waals surface area contributed by atoms with Gasteiger partial charge in [0, 0.05) is 17.4 Å². The molecule has 96 valence electrons. The lowest BCUT2D eigenvalue weighted by molar-refractivity contribution is -0.133. The van der Waals surface area contributed by atoms with Crippen LogP contribution in [-0.2, 0) is 8.98 Å². The minimum absolute atomic E-state index is 0.0661. The van der Waals surface area contributed by atoms with Crippen molar-refractivity contribution in [3.8, 4) is 0 Å². The van der Waals surface area contributed by atoms with Gasteiger partial charge in [0.2, 0.25) is 0 Å². The van der Waals surface area contributed by atoms with Crippen LogP contribution in [0.25, 0.3) is 0 Å². The van der Waals surface area contributed by atoms with Gasteiger partial charge in [-0.3, -0.25) is 4.79 Å². The number of carbonyl (C=O) groups is 1. The number of thioether (sulfide) groups is 1. The highest BCUT2D eigenvalue weighted by molar-refractivity contribution is 7.99. The molecule has 0 saturated heterocycles. The lowest BCUT2D eigenvalue weighted by Crippen LogP contribution is -2.05. The largest absolute Gasteiger partial charge is 0.391 e. The van der Waals surface area contributed by atoms with Crippen molar-refractivity contribution in [3.63, 3.8) is 0 Å². The van der Waals surface area contributed by atoms with E-state index in [9.17, 15) is 4.79 Å². The third-order valence-electron chi connectivity index (χ3n) is 2.19. The van der Waals surface area contributed by atoms with Crippen molar-refractivity contribution in [2.24, 2.45) is 0 Å². The minimum atomic E-state index is -0.0661. The first-order valence-electron chi connectivity index (χ1n) is 6.18. The molecule has 0 aromatic rings. The molecule has 0 N–H and O–H groups in total. The number of carbonyl (C=O) groups excluding carboxylic acids is 1. The Balaban J connectivity index is 3.55. The lowest BCUT2D eigenvalue weighted by atomic mass is 10.1. The van der Waals surface area contributed by atoms with Gasteiger partial charge in [0.15, 0.2) is 0 Å². The van der Waals surface area contributed by atoms with E-state index in [-0.39, 0.29) is 5.97 Å². The van der Waals surface area contributed by atoms with Crippen molar-refractivity contribution in [2.45, 2.75) is 58.1 Å². The second-order valence-electron chi connectivity index (χ2n) is 3.62. The van der Waals surface area contributed by atoms with Gasteiger partial charge in [-0.2, -0.15) is 11.8 Å². The van der Waals surface area contributed by atoms with Gasteiger partial charge in [0.1, 0.15) is 0 Å². The minimum Gasteiger partial charge on any atom is -0.391 e. The Morgan fingerprint density at radius 3 is 2.50 bits per heavy atom. The number of hydrogen-bond acceptors (Lipinski definition) is 4. The maximum atomic E-state index is 11.2. The van der Waals surface area contributed by atoms with Crippen molar-refractivity contribution in [2.75, 3.05) is 11.5 Å². The van der Waals surface area contributed by atoms with E-state index in [0.29, 0.717) is 6.42 Å². The quantitative estimate of drug-likeness (QED) is 0.550. The fraction of sp³-hybridized carbons (Fsp3) is 0.917. The summed E-state index contributed by atoms with van der Waals surface area (Å²) in [4.78, 5) is 11.2. The summed E-state index contributed by atoms with van der Waals surface area (Å²) in [6, 6.07) is 0. The summed E-state index contributed by atoms with van der Waals surface area (Å²) in [5.41, 5.74) is 0. The highest BCUT2D eigenvalue weighted by Crippen LogP contribution is 2.22. The predicted octanol–water partition coefficient (Wildman–Crippen LogP) is 4.29. The first-order valence-corrected chi connectivity index (χ1v) is 8.14. The van der Waals surface area contributed by atoms with Crippen LogP contribution in [0, 0.1) is 0 Å². The van der Waals surface area contributed by atoms with Crippen molar-refractivity contribution in [3.05, 3.63) is 0 Å². The molecule has 0 fully saturated rings. The summed E-state index contributed by atoms with van der Waals surface area (Å²) in [7, 11) is 0. The summed E-state index contributed by atoms with van der Waals surface area (Å²) in [6.45, 7) is 6.39. The SMILES string of the molecule is CCCC(CCCC(=O)OSCC)SCC. The van der Waals surface area contributed by atoms with Gasteiger partial charge in [-0.15, -0.1) is 0 Å². The molecule has 0 bridgehead atoms. The molecule has 0 radical (unpaired) electrons. The van der Waals surface area contributed by atoms with E-state index in [1.165, 1.54) is 30.6 Å². The van der Waals surface area contributed by atoms with Gasteiger partial charge in [0.25, 0.3) is 0 Å². The van der Waals surface area contributed by atoms with Gasteiger partial charge in [0.05, 0.1) is 12.0 Å². The Morgan fingerprint density at radius 1 is 1.19 bits per heavy atom. The average Bonchev–Trinajstić information content (AvgIpc) is 2.27. The van der Waals surface area contributed by atoms with Crippen LogP contribution in [-0.4, -0.2) is 22.7 Å². The Hall–Kier alpha value is 0.170. The fourth-order valence-corrected chi connectivity index (χ4v) is 3.05. The molecule has 0 saturated carbocycles. The van der Waals surface area contributed by atoms with Gasteiger partial charge in [-0.05, 0) is 25.0 Å². The zero-order valence-electron chi connectivity index (χ0n) is 10.7. The molecule has 2 nitrogen and oxygen atoms in total. The third kappa shape index (κ3) is 9.40. The van der Waals surface area contributed by atoms with Crippen molar-refractivity contribution in [1.29, 1.82) is 0 Å². The van der Waals surface area contributed by atoms with E-state index in [4.69, 9.17) is 4.18 Å². The third-order valence-corrected chi connectivity index (χ3v) is 4.01. The standard InChI is InChI=1S/C12H24O2S2/c1-4-8-11(15-5-2)9-7-10-12(13)14-16-6-3/h11H,4-10H2,1-3H3. The molecule has 0 aromatic heterocycles. The molecule has 0 aromatic carbocycles. The van der Waals surface area contributed by atoms with E-state index < -0.39 is 0 Å². The summed E-state index contributed by atoms with van der Waals surface area (Å²) in [5.74, 6) is 1.93. The molecule has 0 heterocycles. The maximum absolute atomic E-state index is 11.2. The second kappa shape index (κ2) is 11.6. The zero-order valence-corrected chi connectivity index (χ0v) is 12.3.